The molecule has 3 N–H and O–H groups in total. The molecule has 7 heteroatoms. The second-order valence-electron chi connectivity index (χ2n) is 4.23. The van der Waals surface area contributed by atoms with Crippen molar-refractivity contribution in [2.75, 3.05) is 38.8 Å². The maximum Gasteiger partial charge on any atom is 0.239 e. The molecule has 110 valence electrons. The van der Waals surface area contributed by atoms with Gasteiger partial charge in [0.2, 0.25) is 5.91 Å². The van der Waals surface area contributed by atoms with E-state index in [9.17, 15) is 9.18 Å². The number of benzene rings is 1. The molecule has 1 aromatic carbocycles. The summed E-state index contributed by atoms with van der Waals surface area (Å²) in [7, 11) is 3.19. The van der Waals surface area contributed by atoms with Gasteiger partial charge in [-0.2, -0.15) is 0 Å². The number of hydrogen-bond acceptors (Lipinski definition) is 4. The monoisotopic (exact) mass is 299 g/mol. The van der Waals surface area contributed by atoms with E-state index in [1.165, 1.54) is 11.0 Å². The first kappa shape index (κ1) is 16.3. The molecule has 1 rings (SSSR count). The highest BCUT2D eigenvalue weighted by molar-refractivity contribution is 7.80. The van der Waals surface area contributed by atoms with E-state index >= 15 is 0 Å². The first-order chi connectivity index (χ1) is 9.45. The van der Waals surface area contributed by atoms with Gasteiger partial charge in [0.05, 0.1) is 18.8 Å². The fourth-order valence-electron chi connectivity index (χ4n) is 1.62. The first-order valence-corrected chi connectivity index (χ1v) is 6.42. The lowest BCUT2D eigenvalue weighted by Gasteiger charge is -2.19. The smallest absolute Gasteiger partial charge is 0.239 e. The Morgan fingerprint density at radius 3 is 2.80 bits per heavy atom. The number of carbonyl (C=O) groups excluding carboxylic acids is 1. The summed E-state index contributed by atoms with van der Waals surface area (Å²) in [6.45, 7) is 0.908. The molecule has 0 aliphatic carbocycles. The summed E-state index contributed by atoms with van der Waals surface area (Å²) in [4.78, 5) is 13.3. The molecule has 0 saturated heterocycles. The van der Waals surface area contributed by atoms with E-state index in [2.05, 4.69) is 5.32 Å². The SMILES string of the molecule is COCCNC(=O)CN(C)c1ccc(C(N)=S)cc1F. The molecule has 1 amide bonds. The molecule has 0 fully saturated rings. The van der Waals surface area contributed by atoms with Crippen LogP contribution >= 0.6 is 12.2 Å². The third-order valence-electron chi connectivity index (χ3n) is 2.65. The normalized spacial score (nSPS) is 10.2. The highest BCUT2D eigenvalue weighted by Gasteiger charge is 2.12. The Morgan fingerprint density at radius 1 is 1.55 bits per heavy atom. The van der Waals surface area contributed by atoms with Gasteiger partial charge in [0.1, 0.15) is 10.8 Å². The van der Waals surface area contributed by atoms with Crippen molar-refractivity contribution in [3.8, 4) is 0 Å². The Morgan fingerprint density at radius 2 is 2.25 bits per heavy atom. The minimum Gasteiger partial charge on any atom is -0.389 e. The molecule has 0 aliphatic rings. The van der Waals surface area contributed by atoms with Crippen molar-refractivity contribution in [1.82, 2.24) is 5.32 Å². The average molecular weight is 299 g/mol. The predicted molar refractivity (Wildman–Crippen MR) is 80.4 cm³/mol. The largest absolute Gasteiger partial charge is 0.389 e. The number of halogens is 1. The summed E-state index contributed by atoms with van der Waals surface area (Å²) >= 11 is 4.78. The van der Waals surface area contributed by atoms with Crippen LogP contribution in [-0.4, -0.2) is 44.7 Å². The fourth-order valence-corrected chi connectivity index (χ4v) is 1.75. The van der Waals surface area contributed by atoms with Crippen LogP contribution in [-0.2, 0) is 9.53 Å². The van der Waals surface area contributed by atoms with Gasteiger partial charge in [0, 0.05) is 26.3 Å². The van der Waals surface area contributed by atoms with Gasteiger partial charge in [-0.15, -0.1) is 0 Å². The van der Waals surface area contributed by atoms with Crippen molar-refractivity contribution >= 4 is 28.8 Å². The molecule has 0 saturated carbocycles. The van der Waals surface area contributed by atoms with Gasteiger partial charge in [0.25, 0.3) is 0 Å². The summed E-state index contributed by atoms with van der Waals surface area (Å²) in [6.07, 6.45) is 0. The van der Waals surface area contributed by atoms with E-state index in [0.29, 0.717) is 24.4 Å². The van der Waals surface area contributed by atoms with Gasteiger partial charge < -0.3 is 20.7 Å². The number of nitrogens with zero attached hydrogens (tertiary/aromatic N) is 1. The molecular weight excluding hydrogens is 281 g/mol. The molecule has 5 nitrogen and oxygen atoms in total. The molecule has 0 heterocycles. The van der Waals surface area contributed by atoms with Crippen LogP contribution in [0.15, 0.2) is 18.2 Å². The topological polar surface area (TPSA) is 67.6 Å². The van der Waals surface area contributed by atoms with Crippen LogP contribution in [0, 0.1) is 5.82 Å². The van der Waals surface area contributed by atoms with Crippen molar-refractivity contribution in [3.05, 3.63) is 29.6 Å². The van der Waals surface area contributed by atoms with E-state index in [4.69, 9.17) is 22.7 Å². The Balaban J connectivity index is 2.65. The number of anilines is 1. The number of carbonyl (C=O) groups is 1. The molecule has 20 heavy (non-hydrogen) atoms. The van der Waals surface area contributed by atoms with Crippen molar-refractivity contribution in [3.63, 3.8) is 0 Å². The van der Waals surface area contributed by atoms with E-state index in [-0.39, 0.29) is 17.4 Å². The van der Waals surface area contributed by atoms with Gasteiger partial charge in [-0.1, -0.05) is 12.2 Å². The number of methoxy groups -OCH3 is 1. The standard InChI is InChI=1S/C13H18FN3O2S/c1-17(8-12(18)16-5-6-19-2)11-4-3-9(13(15)20)7-10(11)14/h3-4,7H,5-6,8H2,1-2H3,(H2,15,20)(H,16,18). The molecular formula is C13H18FN3O2S. The number of amides is 1. The van der Waals surface area contributed by atoms with Gasteiger partial charge in [-0.25, -0.2) is 4.39 Å². The molecule has 0 aromatic heterocycles. The summed E-state index contributed by atoms with van der Waals surface area (Å²) in [5, 5.41) is 2.66. The number of ether oxygens (including phenoxy) is 1. The second-order valence-corrected chi connectivity index (χ2v) is 4.67. The van der Waals surface area contributed by atoms with Crippen molar-refractivity contribution in [1.29, 1.82) is 0 Å². The third-order valence-corrected chi connectivity index (χ3v) is 2.89. The fraction of sp³-hybridized carbons (Fsp3) is 0.385. The molecule has 1 aromatic rings. The van der Waals surface area contributed by atoms with Gasteiger partial charge >= 0.3 is 0 Å². The minimum atomic E-state index is -0.470. The minimum absolute atomic E-state index is 0.0487. The highest BCUT2D eigenvalue weighted by atomic mass is 32.1. The van der Waals surface area contributed by atoms with Crippen LogP contribution in [0.1, 0.15) is 5.56 Å². The molecule has 0 unspecified atom stereocenters. The number of hydrogen-bond donors (Lipinski definition) is 2. The maximum absolute atomic E-state index is 13.9. The quantitative estimate of drug-likeness (QED) is 0.572. The Hall–Kier alpha value is -1.73. The third kappa shape index (κ3) is 4.75. The molecule has 0 radical (unpaired) electrons. The van der Waals surface area contributed by atoms with Gasteiger partial charge in [-0.3, -0.25) is 4.79 Å². The number of likely N-dealkylation sites (N-methyl/N-ethyl adjacent to an activating group) is 1. The summed E-state index contributed by atoms with van der Waals surface area (Å²) in [5.41, 5.74) is 6.20. The van der Waals surface area contributed by atoms with Crippen molar-refractivity contribution in [2.45, 2.75) is 0 Å². The lowest BCUT2D eigenvalue weighted by molar-refractivity contribution is -0.119. The van der Waals surface area contributed by atoms with Crippen LogP contribution in [0.2, 0.25) is 0 Å². The predicted octanol–water partition coefficient (Wildman–Crippen LogP) is 0.659. The van der Waals surface area contributed by atoms with Crippen molar-refractivity contribution < 1.29 is 13.9 Å². The second kappa shape index (κ2) is 7.76. The molecule has 0 bridgehead atoms. The van der Waals surface area contributed by atoms with E-state index in [1.54, 1.807) is 26.3 Å². The van der Waals surface area contributed by atoms with Gasteiger partial charge in [0.15, 0.2) is 0 Å². The number of thiocarbonyl (C=S) groups is 1. The van der Waals surface area contributed by atoms with E-state index < -0.39 is 5.82 Å². The summed E-state index contributed by atoms with van der Waals surface area (Å²) < 4.78 is 18.7. The first-order valence-electron chi connectivity index (χ1n) is 6.02. The van der Waals surface area contributed by atoms with Crippen LogP contribution in [0.3, 0.4) is 0 Å². The number of nitrogens with one attached hydrogen (secondary N) is 1. The van der Waals surface area contributed by atoms with Crippen LogP contribution in [0.4, 0.5) is 10.1 Å². The number of nitrogens with two attached hydrogens (primary N) is 1. The number of rotatable bonds is 7. The zero-order valence-electron chi connectivity index (χ0n) is 11.5. The van der Waals surface area contributed by atoms with Crippen LogP contribution < -0.4 is 16.0 Å². The Labute approximate surface area is 122 Å². The Bertz CT molecular complexity index is 497. The van der Waals surface area contributed by atoms with Crippen molar-refractivity contribution in [2.24, 2.45) is 5.73 Å². The zero-order chi connectivity index (χ0) is 15.1. The highest BCUT2D eigenvalue weighted by Crippen LogP contribution is 2.19. The molecule has 0 spiro atoms. The maximum atomic E-state index is 13.9. The van der Waals surface area contributed by atoms with Gasteiger partial charge in [-0.05, 0) is 18.2 Å². The summed E-state index contributed by atoms with van der Waals surface area (Å²) in [5.74, 6) is -0.676. The summed E-state index contributed by atoms with van der Waals surface area (Å²) in [6, 6.07) is 4.43. The van der Waals surface area contributed by atoms with E-state index in [1.807, 2.05) is 0 Å². The Kier molecular flexibility index (Phi) is 6.33. The van der Waals surface area contributed by atoms with Crippen LogP contribution in [0.25, 0.3) is 0 Å². The molecule has 0 aliphatic heterocycles. The average Bonchev–Trinajstić information content (AvgIpc) is 2.38. The zero-order valence-corrected chi connectivity index (χ0v) is 12.3. The lowest BCUT2D eigenvalue weighted by atomic mass is 10.2. The van der Waals surface area contributed by atoms with E-state index in [0.717, 1.165) is 0 Å². The van der Waals surface area contributed by atoms with Crippen LogP contribution in [0.5, 0.6) is 0 Å². The lowest BCUT2D eigenvalue weighted by Crippen LogP contribution is -2.37. The molecule has 0 atom stereocenters.